The van der Waals surface area contributed by atoms with Crippen molar-refractivity contribution in [3.63, 3.8) is 0 Å². The van der Waals surface area contributed by atoms with Crippen LogP contribution in [0, 0.1) is 47.3 Å². The molecule has 3 aliphatic rings. The maximum atomic E-state index is 14.6. The van der Waals surface area contributed by atoms with Crippen molar-refractivity contribution in [3.8, 4) is 0 Å². The van der Waals surface area contributed by atoms with Crippen LogP contribution in [0.2, 0.25) is 0 Å². The van der Waals surface area contributed by atoms with E-state index in [1.54, 1.807) is 6.08 Å². The molecular formula is C38H62O4. The van der Waals surface area contributed by atoms with Gasteiger partial charge in [0.15, 0.2) is 5.78 Å². The Bertz CT molecular complexity index is 917. The molecule has 0 bridgehead atoms. The number of aliphatic hydroxyl groups is 1. The predicted octanol–water partition coefficient (Wildman–Crippen LogP) is 9.24. The van der Waals surface area contributed by atoms with E-state index in [9.17, 15) is 19.5 Å². The molecule has 5 unspecified atom stereocenters. The van der Waals surface area contributed by atoms with E-state index in [-0.39, 0.29) is 46.9 Å². The minimum atomic E-state index is -1.10. The summed E-state index contributed by atoms with van der Waals surface area (Å²) in [5.74, 6) is 1.26. The first kappa shape index (κ1) is 34.9. The second-order valence-corrected chi connectivity index (χ2v) is 14.9. The molecule has 238 valence electrons. The number of hydrogen-bond donors (Lipinski definition) is 1. The zero-order valence-corrected chi connectivity index (χ0v) is 27.5. The molecule has 3 aliphatic carbocycles. The first-order valence-corrected chi connectivity index (χ1v) is 17.6. The molecule has 4 nitrogen and oxygen atoms in total. The van der Waals surface area contributed by atoms with Crippen LogP contribution < -0.4 is 0 Å². The highest BCUT2D eigenvalue weighted by Crippen LogP contribution is 2.51. The van der Waals surface area contributed by atoms with E-state index in [0.717, 1.165) is 64.2 Å². The van der Waals surface area contributed by atoms with E-state index in [1.165, 1.54) is 19.3 Å². The van der Waals surface area contributed by atoms with Crippen molar-refractivity contribution in [2.24, 2.45) is 47.3 Å². The second kappa shape index (κ2) is 16.5. The summed E-state index contributed by atoms with van der Waals surface area (Å²) in [7, 11) is 0. The topological polar surface area (TPSA) is 71.4 Å². The molecule has 3 fully saturated rings. The number of ketones is 3. The van der Waals surface area contributed by atoms with Gasteiger partial charge in [0.25, 0.3) is 0 Å². The number of hydrogen-bond acceptors (Lipinski definition) is 4. The Labute approximate surface area is 257 Å². The molecule has 0 spiro atoms. The molecule has 3 rings (SSSR count). The lowest BCUT2D eigenvalue weighted by atomic mass is 9.65. The van der Waals surface area contributed by atoms with E-state index in [4.69, 9.17) is 0 Å². The van der Waals surface area contributed by atoms with E-state index >= 15 is 0 Å². The normalized spacial score (nSPS) is 26.6. The van der Waals surface area contributed by atoms with Crippen LogP contribution in [0.4, 0.5) is 0 Å². The summed E-state index contributed by atoms with van der Waals surface area (Å²) in [5.41, 5.74) is -0.488. The lowest BCUT2D eigenvalue weighted by Gasteiger charge is -2.42. The van der Waals surface area contributed by atoms with E-state index in [2.05, 4.69) is 33.9 Å². The van der Waals surface area contributed by atoms with Crippen LogP contribution in [0.3, 0.4) is 0 Å². The SMILES string of the molecule is C=CCCC(=O)C(=C)C(CCC)CC(C)(O)C1C(C(=O)[C@@H](CC(=O)CC2CCCCC2)C2CCCC2)CCC1C(C)C. The minimum Gasteiger partial charge on any atom is -0.390 e. The van der Waals surface area contributed by atoms with Crippen LogP contribution >= 0.6 is 0 Å². The number of carbonyl (C=O) groups excluding carboxylic acids is 3. The molecular weight excluding hydrogens is 520 g/mol. The highest BCUT2D eigenvalue weighted by Gasteiger charge is 2.52. The zero-order chi connectivity index (χ0) is 30.9. The second-order valence-electron chi connectivity index (χ2n) is 14.9. The molecule has 1 N–H and O–H groups in total. The number of allylic oxidation sites excluding steroid dienone is 2. The molecule has 0 aliphatic heterocycles. The van der Waals surface area contributed by atoms with E-state index in [0.29, 0.717) is 55.4 Å². The molecule has 0 aromatic rings. The fourth-order valence-corrected chi connectivity index (χ4v) is 9.17. The molecule has 42 heavy (non-hydrogen) atoms. The van der Waals surface area contributed by atoms with E-state index < -0.39 is 5.60 Å². The van der Waals surface area contributed by atoms with Gasteiger partial charge in [-0.25, -0.2) is 0 Å². The first-order chi connectivity index (χ1) is 20.0. The molecule has 0 radical (unpaired) electrons. The molecule has 0 saturated heterocycles. The molecule has 4 heteroatoms. The van der Waals surface area contributed by atoms with Crippen LogP contribution in [-0.4, -0.2) is 28.1 Å². The van der Waals surface area contributed by atoms with Gasteiger partial charge < -0.3 is 5.11 Å². The Kier molecular flexibility index (Phi) is 13.7. The van der Waals surface area contributed by atoms with E-state index in [1.807, 2.05) is 6.92 Å². The molecule has 0 aromatic heterocycles. The Balaban J connectivity index is 1.84. The zero-order valence-electron chi connectivity index (χ0n) is 27.5. The summed E-state index contributed by atoms with van der Waals surface area (Å²) >= 11 is 0. The number of carbonyl (C=O) groups is 3. The summed E-state index contributed by atoms with van der Waals surface area (Å²) in [6.45, 7) is 16.4. The van der Waals surface area contributed by atoms with Crippen LogP contribution in [0.1, 0.15) is 143 Å². The summed E-state index contributed by atoms with van der Waals surface area (Å²) in [6.07, 6.45) is 18.1. The summed E-state index contributed by atoms with van der Waals surface area (Å²) in [5, 5.41) is 12.3. The Morgan fingerprint density at radius 2 is 1.62 bits per heavy atom. The van der Waals surface area contributed by atoms with Crippen molar-refractivity contribution in [1.82, 2.24) is 0 Å². The standard InChI is InChI=1S/C38H62O4/c1-7-9-20-35(40)27(5)30(15-8-2)25-38(6,42)36-32(26(3)4)21-22-33(36)37(41)34(29-18-13-14-19-29)24-31(39)23-28-16-11-10-12-17-28/h7,26,28-30,32-34,36,42H,1,5,8-25H2,2-4,6H3/t30?,32?,33?,34-,36?,38?/m0/s1. The average Bonchev–Trinajstić information content (AvgIpc) is 3.65. The largest absolute Gasteiger partial charge is 0.390 e. The van der Waals surface area contributed by atoms with Gasteiger partial charge in [-0.2, -0.15) is 0 Å². The smallest absolute Gasteiger partial charge is 0.158 e. The third-order valence-electron chi connectivity index (χ3n) is 11.4. The van der Waals surface area contributed by atoms with Gasteiger partial charge in [-0.15, -0.1) is 6.58 Å². The van der Waals surface area contributed by atoms with Crippen LogP contribution in [0.15, 0.2) is 24.8 Å². The lowest BCUT2D eigenvalue weighted by molar-refractivity contribution is -0.139. The molecule has 0 aromatic carbocycles. The fraction of sp³-hybridized carbons (Fsp3) is 0.816. The minimum absolute atomic E-state index is 0.0568. The average molecular weight is 583 g/mol. The number of rotatable bonds is 18. The van der Waals surface area contributed by atoms with Gasteiger partial charge in [0.2, 0.25) is 0 Å². The van der Waals surface area contributed by atoms with Gasteiger partial charge in [0, 0.05) is 37.0 Å². The van der Waals surface area contributed by atoms with Gasteiger partial charge >= 0.3 is 0 Å². The Morgan fingerprint density at radius 1 is 0.976 bits per heavy atom. The van der Waals surface area contributed by atoms with Crippen LogP contribution in [0.5, 0.6) is 0 Å². The monoisotopic (exact) mass is 582 g/mol. The van der Waals surface area contributed by atoms with Crippen molar-refractivity contribution in [1.29, 1.82) is 0 Å². The molecule has 0 heterocycles. The van der Waals surface area contributed by atoms with Gasteiger partial charge in [0.1, 0.15) is 11.6 Å². The lowest BCUT2D eigenvalue weighted by Crippen LogP contribution is -2.47. The predicted molar refractivity (Wildman–Crippen MR) is 173 cm³/mol. The van der Waals surface area contributed by atoms with Crippen molar-refractivity contribution in [3.05, 3.63) is 24.8 Å². The van der Waals surface area contributed by atoms with Gasteiger partial charge in [0.05, 0.1) is 5.60 Å². The third-order valence-corrected chi connectivity index (χ3v) is 11.4. The highest BCUT2D eigenvalue weighted by molar-refractivity contribution is 5.95. The number of Topliss-reactive ketones (excluding diaryl/α,β-unsaturated/α-hetero) is 3. The van der Waals surface area contributed by atoms with Gasteiger partial charge in [-0.1, -0.05) is 84.8 Å². The maximum absolute atomic E-state index is 14.6. The van der Waals surface area contributed by atoms with Gasteiger partial charge in [-0.05, 0) is 87.0 Å². The molecule has 3 saturated carbocycles. The third kappa shape index (κ3) is 9.23. The molecule has 6 atom stereocenters. The summed E-state index contributed by atoms with van der Waals surface area (Å²) in [6, 6.07) is 0. The van der Waals surface area contributed by atoms with Crippen molar-refractivity contribution in [2.45, 2.75) is 149 Å². The summed E-state index contributed by atoms with van der Waals surface area (Å²) < 4.78 is 0. The van der Waals surface area contributed by atoms with Crippen molar-refractivity contribution >= 4 is 17.3 Å². The van der Waals surface area contributed by atoms with Crippen molar-refractivity contribution in [2.75, 3.05) is 0 Å². The highest BCUT2D eigenvalue weighted by atomic mass is 16.3. The Hall–Kier alpha value is -1.55. The van der Waals surface area contributed by atoms with Crippen LogP contribution in [-0.2, 0) is 14.4 Å². The van der Waals surface area contributed by atoms with Crippen molar-refractivity contribution < 1.29 is 19.5 Å². The maximum Gasteiger partial charge on any atom is 0.158 e. The quantitative estimate of drug-likeness (QED) is 0.129. The fourth-order valence-electron chi connectivity index (χ4n) is 9.17. The molecule has 0 amide bonds. The van der Waals surface area contributed by atoms with Gasteiger partial charge in [-0.3, -0.25) is 14.4 Å². The van der Waals surface area contributed by atoms with Crippen LogP contribution in [0.25, 0.3) is 0 Å². The summed E-state index contributed by atoms with van der Waals surface area (Å²) in [4.78, 5) is 41.0. The Morgan fingerprint density at radius 3 is 2.21 bits per heavy atom. The first-order valence-electron chi connectivity index (χ1n) is 17.6.